The van der Waals surface area contributed by atoms with E-state index >= 15 is 0 Å². The van der Waals surface area contributed by atoms with Crippen molar-refractivity contribution in [3.8, 4) is 10.4 Å². The number of carbonyl (C=O) groups is 2. The van der Waals surface area contributed by atoms with Crippen molar-refractivity contribution in [3.05, 3.63) is 71.1 Å². The fourth-order valence-corrected chi connectivity index (χ4v) is 4.34. The Morgan fingerprint density at radius 1 is 1.06 bits per heavy atom. The van der Waals surface area contributed by atoms with E-state index in [1.165, 1.54) is 0 Å². The quantitative estimate of drug-likeness (QED) is 0.519. The summed E-state index contributed by atoms with van der Waals surface area (Å²) in [5.41, 5.74) is 8.92. The summed E-state index contributed by atoms with van der Waals surface area (Å²) in [6.45, 7) is 2.76. The molecule has 2 aromatic carbocycles. The molecule has 1 aliphatic rings. The van der Waals surface area contributed by atoms with Crippen molar-refractivity contribution in [2.24, 2.45) is 0 Å². The van der Waals surface area contributed by atoms with Crippen LogP contribution < -0.4 is 11.1 Å². The lowest BCUT2D eigenvalue weighted by Crippen LogP contribution is -2.48. The number of carbonyl (C=O) groups excluding carboxylic acids is 2. The summed E-state index contributed by atoms with van der Waals surface area (Å²) in [4.78, 5) is 30.3. The molecule has 0 spiro atoms. The summed E-state index contributed by atoms with van der Waals surface area (Å²) in [6.07, 6.45) is -1.24. The minimum Gasteiger partial charge on any atom is -0.397 e. The lowest BCUT2D eigenvalue weighted by atomic mass is 10.0. The van der Waals surface area contributed by atoms with Gasteiger partial charge in [0.1, 0.15) is 0 Å². The molecule has 8 heteroatoms. The molecule has 4 rings (SSSR count). The zero-order valence-corrected chi connectivity index (χ0v) is 18.6. The van der Waals surface area contributed by atoms with Gasteiger partial charge >= 0.3 is 0 Å². The second-order valence-corrected chi connectivity index (χ2v) is 8.83. The van der Waals surface area contributed by atoms with Crippen LogP contribution in [-0.4, -0.2) is 59.9 Å². The average Bonchev–Trinajstić information content (AvgIpc) is 3.35. The monoisotopic (exact) mass is 450 g/mol. The molecule has 1 unspecified atom stereocenters. The van der Waals surface area contributed by atoms with E-state index in [0.717, 1.165) is 23.5 Å². The topological polar surface area (TPSA) is 98.9 Å². The summed E-state index contributed by atoms with van der Waals surface area (Å²) in [5, 5.41) is 15.4. The van der Waals surface area contributed by atoms with E-state index in [4.69, 9.17) is 5.73 Å². The number of amides is 2. The third-order valence-corrected chi connectivity index (χ3v) is 6.56. The first-order valence-electron chi connectivity index (χ1n) is 10.4. The first kappa shape index (κ1) is 22.0. The predicted molar refractivity (Wildman–Crippen MR) is 128 cm³/mol. The van der Waals surface area contributed by atoms with Gasteiger partial charge in [-0.15, -0.1) is 11.3 Å². The van der Waals surface area contributed by atoms with Gasteiger partial charge in [0.05, 0.1) is 11.4 Å². The van der Waals surface area contributed by atoms with Gasteiger partial charge in [0.2, 0.25) is 0 Å². The third-order valence-electron chi connectivity index (χ3n) is 5.64. The van der Waals surface area contributed by atoms with Crippen LogP contribution in [0.1, 0.15) is 22.0 Å². The highest BCUT2D eigenvalue weighted by Gasteiger charge is 2.26. The van der Waals surface area contributed by atoms with E-state index in [-0.39, 0.29) is 11.8 Å². The number of hydrogen-bond donors (Lipinski definition) is 3. The second-order valence-electron chi connectivity index (χ2n) is 7.89. The molecular formula is C24H26N4O3S. The van der Waals surface area contributed by atoms with Crippen molar-refractivity contribution in [1.29, 1.82) is 0 Å². The number of piperazine rings is 1. The van der Waals surface area contributed by atoms with Crippen molar-refractivity contribution in [1.82, 2.24) is 9.80 Å². The Morgan fingerprint density at radius 3 is 2.44 bits per heavy atom. The number of benzene rings is 2. The molecule has 1 aliphatic heterocycles. The van der Waals surface area contributed by atoms with E-state index < -0.39 is 6.10 Å². The van der Waals surface area contributed by atoms with Gasteiger partial charge in [-0.2, -0.15) is 0 Å². The highest BCUT2D eigenvalue weighted by Crippen LogP contribution is 2.30. The minimum absolute atomic E-state index is 0.312. The van der Waals surface area contributed by atoms with Crippen LogP contribution in [0.15, 0.2) is 60.0 Å². The summed E-state index contributed by atoms with van der Waals surface area (Å²) in [6, 6.07) is 15.9. The molecule has 2 amide bonds. The number of rotatable bonds is 5. The summed E-state index contributed by atoms with van der Waals surface area (Å²) in [7, 11) is 2.01. The highest BCUT2D eigenvalue weighted by atomic mass is 32.1. The van der Waals surface area contributed by atoms with Gasteiger partial charge in [0.25, 0.3) is 11.8 Å². The molecule has 3 aromatic rings. The predicted octanol–water partition coefficient (Wildman–Crippen LogP) is 3.06. The van der Waals surface area contributed by atoms with Crippen molar-refractivity contribution in [3.63, 3.8) is 0 Å². The van der Waals surface area contributed by atoms with Crippen molar-refractivity contribution < 1.29 is 14.7 Å². The molecule has 1 saturated heterocycles. The lowest BCUT2D eigenvalue weighted by Gasteiger charge is -2.33. The number of hydrogen-bond acceptors (Lipinski definition) is 6. The van der Waals surface area contributed by atoms with E-state index in [2.05, 4.69) is 10.2 Å². The summed E-state index contributed by atoms with van der Waals surface area (Å²) < 4.78 is 0. The summed E-state index contributed by atoms with van der Waals surface area (Å²) in [5.74, 6) is -0.625. The van der Waals surface area contributed by atoms with Crippen LogP contribution in [0.4, 0.5) is 11.4 Å². The maximum atomic E-state index is 12.8. The average molecular weight is 451 g/mol. The van der Waals surface area contributed by atoms with E-state index in [1.54, 1.807) is 46.6 Å². The Bertz CT molecular complexity index is 1090. The van der Waals surface area contributed by atoms with Crippen LogP contribution in [0.2, 0.25) is 0 Å². The zero-order valence-electron chi connectivity index (χ0n) is 17.8. The Balaban J connectivity index is 1.43. The molecule has 0 bridgehead atoms. The van der Waals surface area contributed by atoms with Gasteiger partial charge in [-0.1, -0.05) is 24.3 Å². The number of thiophene rings is 1. The molecule has 0 saturated carbocycles. The number of nitrogens with two attached hydrogens (primary N) is 1. The summed E-state index contributed by atoms with van der Waals surface area (Å²) >= 11 is 1.61. The van der Waals surface area contributed by atoms with Gasteiger partial charge in [-0.05, 0) is 53.9 Å². The van der Waals surface area contributed by atoms with Gasteiger partial charge < -0.3 is 26.0 Å². The standard InChI is InChI=1S/C24H26N4O3S/c1-27-10-12-28(13-11-27)24(31)22(29)16-4-6-17(7-5-16)23(30)26-20-15-18(8-9-19(20)25)21-3-2-14-32-21/h2-9,14-15,22,29H,10-13,25H2,1H3,(H,26,30). The Labute approximate surface area is 191 Å². The molecule has 2 heterocycles. The first-order valence-corrected chi connectivity index (χ1v) is 11.3. The molecule has 1 fully saturated rings. The van der Waals surface area contributed by atoms with Crippen LogP contribution in [0.5, 0.6) is 0 Å². The number of nitrogens with zero attached hydrogens (tertiary/aromatic N) is 2. The third kappa shape index (κ3) is 4.83. The molecule has 0 aliphatic carbocycles. The number of aliphatic hydroxyl groups excluding tert-OH is 1. The fourth-order valence-electron chi connectivity index (χ4n) is 3.61. The van der Waals surface area contributed by atoms with Crippen LogP contribution in [-0.2, 0) is 4.79 Å². The molecule has 0 radical (unpaired) electrons. The van der Waals surface area contributed by atoms with Crippen LogP contribution >= 0.6 is 11.3 Å². The zero-order chi connectivity index (χ0) is 22.7. The van der Waals surface area contributed by atoms with E-state index in [9.17, 15) is 14.7 Å². The number of likely N-dealkylation sites (N-methyl/N-ethyl adjacent to an activating group) is 1. The SMILES string of the molecule is CN1CCN(C(=O)C(O)c2ccc(C(=O)Nc3cc(-c4cccs4)ccc3N)cc2)CC1. The van der Waals surface area contributed by atoms with Gasteiger partial charge in [-0.25, -0.2) is 0 Å². The first-order chi connectivity index (χ1) is 15.4. The number of nitrogens with one attached hydrogen (secondary N) is 1. The minimum atomic E-state index is -1.24. The number of nitrogen functional groups attached to an aromatic ring is 1. The van der Waals surface area contributed by atoms with Crippen molar-refractivity contribution >= 4 is 34.5 Å². The van der Waals surface area contributed by atoms with Crippen LogP contribution in [0.25, 0.3) is 10.4 Å². The van der Waals surface area contributed by atoms with E-state index in [0.29, 0.717) is 35.6 Å². The number of aliphatic hydroxyl groups is 1. The molecule has 4 N–H and O–H groups in total. The molecule has 166 valence electrons. The molecular weight excluding hydrogens is 424 g/mol. The normalized spacial score (nSPS) is 15.4. The molecule has 1 atom stereocenters. The van der Waals surface area contributed by atoms with Gasteiger partial charge in [0.15, 0.2) is 6.10 Å². The van der Waals surface area contributed by atoms with Crippen LogP contribution in [0, 0.1) is 0 Å². The maximum Gasteiger partial charge on any atom is 0.256 e. The van der Waals surface area contributed by atoms with Crippen LogP contribution in [0.3, 0.4) is 0 Å². The Hall–Kier alpha value is -3.20. The van der Waals surface area contributed by atoms with Gasteiger partial charge in [0, 0.05) is 36.6 Å². The lowest BCUT2D eigenvalue weighted by molar-refractivity contribution is -0.142. The van der Waals surface area contributed by atoms with Gasteiger partial charge in [-0.3, -0.25) is 9.59 Å². The fraction of sp³-hybridized carbons (Fsp3) is 0.250. The maximum absolute atomic E-state index is 12.8. The Kier molecular flexibility index (Phi) is 6.55. The number of anilines is 2. The van der Waals surface area contributed by atoms with E-state index in [1.807, 2.05) is 36.7 Å². The smallest absolute Gasteiger partial charge is 0.256 e. The second kappa shape index (κ2) is 9.52. The van der Waals surface area contributed by atoms with Crippen molar-refractivity contribution in [2.45, 2.75) is 6.10 Å². The molecule has 1 aromatic heterocycles. The van der Waals surface area contributed by atoms with Crippen molar-refractivity contribution in [2.75, 3.05) is 44.3 Å². The Morgan fingerprint density at radius 2 is 1.78 bits per heavy atom. The largest absolute Gasteiger partial charge is 0.397 e. The molecule has 7 nitrogen and oxygen atoms in total. The molecule has 32 heavy (non-hydrogen) atoms. The highest BCUT2D eigenvalue weighted by molar-refractivity contribution is 7.13.